The van der Waals surface area contributed by atoms with Gasteiger partial charge in [-0.3, -0.25) is 33.8 Å². The van der Waals surface area contributed by atoms with Gasteiger partial charge in [-0.1, -0.05) is 6.07 Å². The number of amides is 4. The van der Waals surface area contributed by atoms with E-state index in [0.717, 1.165) is 23.6 Å². The van der Waals surface area contributed by atoms with Gasteiger partial charge in [0.25, 0.3) is 11.8 Å². The van der Waals surface area contributed by atoms with Crippen LogP contribution in [-0.4, -0.2) is 67.2 Å². The first-order valence-corrected chi connectivity index (χ1v) is 11.4. The van der Waals surface area contributed by atoms with E-state index >= 15 is 0 Å². The molecular formula is C23H24N8O4. The van der Waals surface area contributed by atoms with Crippen molar-refractivity contribution >= 4 is 40.8 Å². The van der Waals surface area contributed by atoms with E-state index in [1.165, 1.54) is 0 Å². The number of hydrogen-bond donors (Lipinski definition) is 3. The zero-order chi connectivity index (χ0) is 24.5. The maximum Gasteiger partial charge on any atom is 0.264 e. The summed E-state index contributed by atoms with van der Waals surface area (Å²) in [5.41, 5.74) is 1.74. The third-order valence-electron chi connectivity index (χ3n) is 6.18. The minimum atomic E-state index is -0.980. The number of piperidine rings is 1. The number of nitrogens with one attached hydrogen (secondary N) is 3. The van der Waals surface area contributed by atoms with Crippen LogP contribution >= 0.6 is 0 Å². The molecule has 1 unspecified atom stereocenters. The van der Waals surface area contributed by atoms with E-state index in [2.05, 4.69) is 31.1 Å². The molecule has 180 valence electrons. The topological polar surface area (TPSA) is 151 Å². The Morgan fingerprint density at radius 3 is 2.66 bits per heavy atom. The number of anilines is 2. The summed E-state index contributed by atoms with van der Waals surface area (Å²) in [4.78, 5) is 55.1. The number of aromatic nitrogens is 4. The Hall–Kier alpha value is -4.35. The van der Waals surface area contributed by atoms with E-state index in [1.807, 2.05) is 17.5 Å². The highest BCUT2D eigenvalue weighted by molar-refractivity contribution is 6.25. The Labute approximate surface area is 200 Å². The van der Waals surface area contributed by atoms with Crippen molar-refractivity contribution in [2.45, 2.75) is 38.6 Å². The second-order valence-electron chi connectivity index (χ2n) is 8.45. The fourth-order valence-corrected chi connectivity index (χ4v) is 4.41. The van der Waals surface area contributed by atoms with Gasteiger partial charge in [-0.05, 0) is 38.3 Å². The predicted molar refractivity (Wildman–Crippen MR) is 125 cm³/mol. The van der Waals surface area contributed by atoms with Crippen LogP contribution in [0, 0.1) is 6.92 Å². The number of fused-ring (bicyclic) bond motifs is 2. The quantitative estimate of drug-likeness (QED) is 0.321. The summed E-state index contributed by atoms with van der Waals surface area (Å²) in [6.07, 6.45) is 5.34. The zero-order valence-corrected chi connectivity index (χ0v) is 19.1. The summed E-state index contributed by atoms with van der Waals surface area (Å²) in [5.74, 6) is -0.605. The molecule has 1 fully saturated rings. The van der Waals surface area contributed by atoms with Crippen molar-refractivity contribution in [3.8, 4) is 0 Å². The lowest BCUT2D eigenvalue weighted by molar-refractivity contribution is -0.136. The van der Waals surface area contributed by atoms with Crippen molar-refractivity contribution in [2.75, 3.05) is 23.7 Å². The molecule has 0 bridgehead atoms. The highest BCUT2D eigenvalue weighted by Crippen LogP contribution is 2.32. The van der Waals surface area contributed by atoms with Crippen LogP contribution in [0.4, 0.5) is 11.5 Å². The van der Waals surface area contributed by atoms with Gasteiger partial charge in [0, 0.05) is 37.6 Å². The van der Waals surface area contributed by atoms with Crippen LogP contribution in [0.1, 0.15) is 52.2 Å². The molecule has 1 aromatic carbocycles. The number of unbranched alkanes of at least 4 members (excludes halogenated alkanes) is 1. The molecule has 3 aromatic rings. The Balaban J connectivity index is 1.18. The molecule has 2 aliphatic heterocycles. The largest absolute Gasteiger partial charge is 0.384 e. The lowest BCUT2D eigenvalue weighted by Gasteiger charge is -2.27. The Kier molecular flexibility index (Phi) is 5.85. The highest BCUT2D eigenvalue weighted by Gasteiger charge is 2.45. The average Bonchev–Trinajstić information content (AvgIpc) is 3.35. The Morgan fingerprint density at radius 2 is 1.86 bits per heavy atom. The molecule has 0 aliphatic carbocycles. The van der Waals surface area contributed by atoms with Crippen LogP contribution in [0.3, 0.4) is 0 Å². The smallest absolute Gasteiger partial charge is 0.264 e. The van der Waals surface area contributed by atoms with Crippen molar-refractivity contribution in [2.24, 2.45) is 0 Å². The Morgan fingerprint density at radius 1 is 1.06 bits per heavy atom. The molecule has 3 N–H and O–H groups in total. The molecule has 1 saturated heterocycles. The SMILES string of the molecule is Cc1nnc2c(NCCCCNc3cccc4c3C(=O)N(C3CCC(=O)NC3=O)C4=O)nccn12. The fourth-order valence-electron chi connectivity index (χ4n) is 4.41. The van der Waals surface area contributed by atoms with Gasteiger partial charge in [0.2, 0.25) is 17.5 Å². The molecule has 2 aromatic heterocycles. The van der Waals surface area contributed by atoms with Crippen molar-refractivity contribution in [3.05, 3.63) is 47.5 Å². The number of aryl methyl sites for hydroxylation is 1. The zero-order valence-electron chi connectivity index (χ0n) is 19.1. The second kappa shape index (κ2) is 9.12. The molecule has 0 spiro atoms. The van der Waals surface area contributed by atoms with E-state index in [0.29, 0.717) is 30.2 Å². The third-order valence-corrected chi connectivity index (χ3v) is 6.18. The van der Waals surface area contributed by atoms with E-state index in [9.17, 15) is 19.2 Å². The van der Waals surface area contributed by atoms with Crippen LogP contribution in [0.5, 0.6) is 0 Å². The molecule has 0 saturated carbocycles. The van der Waals surface area contributed by atoms with Gasteiger partial charge < -0.3 is 10.6 Å². The molecule has 12 heteroatoms. The van der Waals surface area contributed by atoms with Gasteiger partial charge >= 0.3 is 0 Å². The normalized spacial score (nSPS) is 17.6. The maximum atomic E-state index is 13.1. The second-order valence-corrected chi connectivity index (χ2v) is 8.45. The van der Waals surface area contributed by atoms with E-state index in [-0.39, 0.29) is 24.0 Å². The van der Waals surface area contributed by atoms with E-state index in [1.54, 1.807) is 24.4 Å². The minimum absolute atomic E-state index is 0.0870. The molecule has 4 heterocycles. The maximum absolute atomic E-state index is 13.1. The molecular weight excluding hydrogens is 452 g/mol. The van der Waals surface area contributed by atoms with Crippen LogP contribution < -0.4 is 16.0 Å². The summed E-state index contributed by atoms with van der Waals surface area (Å²) in [6, 6.07) is 4.05. The number of hydrogen-bond acceptors (Lipinski definition) is 9. The van der Waals surface area contributed by atoms with Crippen molar-refractivity contribution in [1.82, 2.24) is 29.8 Å². The number of imide groups is 2. The predicted octanol–water partition coefficient (Wildman–Crippen LogP) is 1.14. The standard InChI is InChI=1S/C23H24N8O4/c1-13-28-29-20-19(26-11-12-30(13)20)25-10-3-2-9-24-15-6-4-5-14-18(15)23(35)31(22(14)34)16-7-8-17(32)27-21(16)33/h4-6,11-12,16,24H,2-3,7-10H2,1H3,(H,25,26)(H,27,32,33). The van der Waals surface area contributed by atoms with Crippen molar-refractivity contribution in [1.29, 1.82) is 0 Å². The van der Waals surface area contributed by atoms with E-state index in [4.69, 9.17) is 0 Å². The van der Waals surface area contributed by atoms with Gasteiger partial charge in [0.05, 0.1) is 11.1 Å². The van der Waals surface area contributed by atoms with Gasteiger partial charge in [0.1, 0.15) is 11.9 Å². The summed E-state index contributed by atoms with van der Waals surface area (Å²) < 4.78 is 1.86. The summed E-state index contributed by atoms with van der Waals surface area (Å²) in [6.45, 7) is 3.13. The molecule has 2 aliphatic rings. The first kappa shape index (κ1) is 22.4. The summed E-state index contributed by atoms with van der Waals surface area (Å²) in [5, 5.41) is 16.9. The minimum Gasteiger partial charge on any atom is -0.384 e. The monoisotopic (exact) mass is 476 g/mol. The lowest BCUT2D eigenvalue weighted by Crippen LogP contribution is -2.54. The van der Waals surface area contributed by atoms with Gasteiger partial charge in [-0.15, -0.1) is 10.2 Å². The van der Waals surface area contributed by atoms with Gasteiger partial charge in [-0.25, -0.2) is 4.98 Å². The van der Waals surface area contributed by atoms with Crippen molar-refractivity contribution in [3.63, 3.8) is 0 Å². The van der Waals surface area contributed by atoms with Crippen molar-refractivity contribution < 1.29 is 19.2 Å². The number of benzene rings is 1. The number of carbonyl (C=O) groups excluding carboxylic acids is 4. The fraction of sp³-hybridized carbons (Fsp3) is 0.348. The molecule has 12 nitrogen and oxygen atoms in total. The lowest BCUT2D eigenvalue weighted by atomic mass is 10.0. The van der Waals surface area contributed by atoms with E-state index < -0.39 is 29.7 Å². The number of rotatable bonds is 8. The average molecular weight is 476 g/mol. The Bertz CT molecular complexity index is 1350. The molecule has 4 amide bonds. The molecule has 35 heavy (non-hydrogen) atoms. The highest BCUT2D eigenvalue weighted by atomic mass is 16.2. The third kappa shape index (κ3) is 4.07. The first-order valence-electron chi connectivity index (χ1n) is 11.4. The van der Waals surface area contributed by atoms with Gasteiger partial charge in [-0.2, -0.15) is 0 Å². The number of nitrogens with zero attached hydrogens (tertiary/aromatic N) is 5. The van der Waals surface area contributed by atoms with Crippen LogP contribution in [-0.2, 0) is 9.59 Å². The summed E-state index contributed by atoms with van der Waals surface area (Å²) >= 11 is 0. The molecule has 1 atom stereocenters. The van der Waals surface area contributed by atoms with Gasteiger partial charge in [0.15, 0.2) is 5.82 Å². The number of carbonyl (C=O) groups is 4. The molecule has 0 radical (unpaired) electrons. The first-order chi connectivity index (χ1) is 17.0. The van der Waals surface area contributed by atoms with Crippen LogP contribution in [0.25, 0.3) is 5.65 Å². The van der Waals surface area contributed by atoms with Crippen LogP contribution in [0.2, 0.25) is 0 Å². The summed E-state index contributed by atoms with van der Waals surface area (Å²) in [7, 11) is 0. The van der Waals surface area contributed by atoms with Crippen LogP contribution in [0.15, 0.2) is 30.6 Å². The molecule has 5 rings (SSSR count).